The lowest BCUT2D eigenvalue weighted by Gasteiger charge is -2.42. The molecule has 0 saturated carbocycles. The molecule has 5 nitrogen and oxygen atoms in total. The van der Waals surface area contributed by atoms with Gasteiger partial charge in [-0.25, -0.2) is 15.0 Å². The van der Waals surface area contributed by atoms with Crippen LogP contribution in [-0.2, 0) is 10.8 Å². The third-order valence-corrected chi connectivity index (χ3v) is 14.3. The van der Waals surface area contributed by atoms with Crippen LogP contribution in [-0.4, -0.2) is 15.0 Å². The summed E-state index contributed by atoms with van der Waals surface area (Å²) in [7, 11) is 0. The van der Waals surface area contributed by atoms with Gasteiger partial charge in [-0.05, 0) is 132 Å². The van der Waals surface area contributed by atoms with Crippen LogP contribution in [0.25, 0.3) is 111 Å². The number of hydrogen-bond donors (Lipinski definition) is 0. The van der Waals surface area contributed by atoms with Gasteiger partial charge in [0, 0.05) is 27.5 Å². The van der Waals surface area contributed by atoms with Crippen molar-refractivity contribution in [2.24, 2.45) is 0 Å². The van der Waals surface area contributed by atoms with Gasteiger partial charge in [-0.2, -0.15) is 5.26 Å². The van der Waals surface area contributed by atoms with Crippen LogP contribution in [0.5, 0.6) is 0 Å². The van der Waals surface area contributed by atoms with Crippen molar-refractivity contribution < 1.29 is 4.42 Å². The Kier molecular flexibility index (Phi) is 9.31. The number of para-hydroxylation sites is 1. The number of fused-ring (bicyclic) bond motifs is 6. The van der Waals surface area contributed by atoms with Crippen LogP contribution < -0.4 is 0 Å². The van der Waals surface area contributed by atoms with Gasteiger partial charge in [-0.15, -0.1) is 0 Å². The second-order valence-corrected chi connectivity index (χ2v) is 19.4. The molecule has 0 amide bonds. The number of furan rings is 1. The van der Waals surface area contributed by atoms with Crippen LogP contribution >= 0.6 is 0 Å². The number of nitriles is 1. The number of benzene rings is 9. The minimum Gasteiger partial charge on any atom is -0.456 e. The quantitative estimate of drug-likeness (QED) is 0.166. The fourth-order valence-electron chi connectivity index (χ4n) is 10.4. The Morgan fingerprint density at radius 2 is 0.985 bits per heavy atom. The molecule has 12 rings (SSSR count). The summed E-state index contributed by atoms with van der Waals surface area (Å²) >= 11 is 0. The SMILES string of the molecule is CC1(C)CCC(C)(C)c2cc(-c3cc(-c4ccc(-c5nc(-c6ccc(-c7ccc(C#N)cc7)cc6)nc(-c6ccc7ccccc7c6)n5)c5ccccc45)c4c(c3)oc3ccccc34)ccc21. The fourth-order valence-corrected chi connectivity index (χ4v) is 10.4. The second-order valence-electron chi connectivity index (χ2n) is 19.4. The maximum Gasteiger partial charge on any atom is 0.164 e. The van der Waals surface area contributed by atoms with Gasteiger partial charge < -0.3 is 4.42 Å². The molecule has 0 saturated heterocycles. The zero-order chi connectivity index (χ0) is 45.4. The Morgan fingerprint density at radius 3 is 1.73 bits per heavy atom. The standard InChI is InChI=1S/C62H46N4O/c1-61(2)31-32-62(3,4)54-35-44(27-30-53(54)61)46-34-52(57-51-15-9-10-16-55(51)67-56(57)36-46)49-28-29-50(48-14-8-7-13-47(48)49)60-65-58(42-24-21-41(22-25-42)40-19-17-38(37-63)18-20-40)64-59(66-60)45-26-23-39-11-5-6-12-43(39)33-45/h5-30,33-36H,31-32H2,1-4H3. The van der Waals surface area contributed by atoms with Crippen molar-refractivity contribution in [3.05, 3.63) is 199 Å². The molecule has 0 spiro atoms. The Labute approximate surface area is 390 Å². The highest BCUT2D eigenvalue weighted by molar-refractivity contribution is 6.17. The zero-order valence-electron chi connectivity index (χ0n) is 37.9. The van der Waals surface area contributed by atoms with Crippen molar-refractivity contribution in [1.29, 1.82) is 5.26 Å². The summed E-state index contributed by atoms with van der Waals surface area (Å²) in [6.07, 6.45) is 2.33. The highest BCUT2D eigenvalue weighted by Gasteiger charge is 2.37. The molecule has 0 N–H and O–H groups in total. The van der Waals surface area contributed by atoms with Crippen LogP contribution in [0.15, 0.2) is 186 Å². The zero-order valence-corrected chi connectivity index (χ0v) is 37.9. The first-order valence-electron chi connectivity index (χ1n) is 23.1. The van der Waals surface area contributed by atoms with E-state index in [4.69, 9.17) is 19.4 Å². The predicted molar refractivity (Wildman–Crippen MR) is 275 cm³/mol. The minimum absolute atomic E-state index is 0.0812. The molecule has 0 unspecified atom stereocenters. The average Bonchev–Trinajstić information content (AvgIpc) is 3.76. The normalized spacial score (nSPS) is 14.1. The first-order valence-corrected chi connectivity index (χ1v) is 23.1. The summed E-state index contributed by atoms with van der Waals surface area (Å²) in [5.74, 6) is 1.79. The Hall–Kier alpha value is -8.20. The third kappa shape index (κ3) is 6.96. The van der Waals surface area contributed by atoms with Gasteiger partial charge in [0.1, 0.15) is 11.2 Å². The molecule has 11 aromatic rings. The van der Waals surface area contributed by atoms with Crippen LogP contribution in [0.1, 0.15) is 57.2 Å². The van der Waals surface area contributed by atoms with E-state index in [-0.39, 0.29) is 10.8 Å². The molecule has 2 aromatic heterocycles. The maximum absolute atomic E-state index is 9.34. The molecule has 0 atom stereocenters. The Bertz CT molecular complexity index is 3810. The van der Waals surface area contributed by atoms with Crippen LogP contribution in [0.2, 0.25) is 0 Å². The van der Waals surface area contributed by atoms with Gasteiger partial charge in [0.25, 0.3) is 0 Å². The van der Waals surface area contributed by atoms with Crippen LogP contribution in [0.4, 0.5) is 0 Å². The maximum atomic E-state index is 9.34. The Balaban J connectivity index is 1.04. The molecular formula is C62H46N4O. The molecule has 9 aromatic carbocycles. The molecule has 1 aliphatic rings. The van der Waals surface area contributed by atoms with Crippen LogP contribution in [0.3, 0.4) is 0 Å². The molecule has 320 valence electrons. The molecule has 1 aliphatic carbocycles. The van der Waals surface area contributed by atoms with Gasteiger partial charge >= 0.3 is 0 Å². The molecule has 67 heavy (non-hydrogen) atoms. The highest BCUT2D eigenvalue weighted by atomic mass is 16.3. The van der Waals surface area contributed by atoms with Gasteiger partial charge in [-0.1, -0.05) is 167 Å². The van der Waals surface area contributed by atoms with E-state index in [2.05, 4.69) is 185 Å². The number of hydrogen-bond acceptors (Lipinski definition) is 5. The first kappa shape index (κ1) is 40.3. The lowest BCUT2D eigenvalue weighted by atomic mass is 9.63. The fraction of sp³-hybridized carbons (Fsp3) is 0.129. The van der Waals surface area contributed by atoms with Crippen molar-refractivity contribution in [2.75, 3.05) is 0 Å². The number of aromatic nitrogens is 3. The number of nitrogens with zero attached hydrogens (tertiary/aromatic N) is 4. The third-order valence-electron chi connectivity index (χ3n) is 14.3. The molecule has 0 bridgehead atoms. The largest absolute Gasteiger partial charge is 0.456 e. The van der Waals surface area contributed by atoms with Crippen LogP contribution in [0, 0.1) is 11.3 Å². The van der Waals surface area contributed by atoms with E-state index in [1.165, 1.54) is 23.1 Å². The van der Waals surface area contributed by atoms with Gasteiger partial charge in [0.15, 0.2) is 17.5 Å². The molecule has 0 fully saturated rings. The van der Waals surface area contributed by atoms with E-state index >= 15 is 0 Å². The molecule has 5 heteroatoms. The van der Waals surface area contributed by atoms with Crippen molar-refractivity contribution in [1.82, 2.24) is 15.0 Å². The van der Waals surface area contributed by atoms with E-state index in [9.17, 15) is 5.26 Å². The topological polar surface area (TPSA) is 75.6 Å². The van der Waals surface area contributed by atoms with E-state index in [0.717, 1.165) is 94.4 Å². The summed E-state index contributed by atoms with van der Waals surface area (Å²) < 4.78 is 6.71. The minimum atomic E-state index is 0.0812. The predicted octanol–water partition coefficient (Wildman–Crippen LogP) is 16.3. The second kappa shape index (κ2) is 15.5. The highest BCUT2D eigenvalue weighted by Crippen LogP contribution is 2.48. The summed E-state index contributed by atoms with van der Waals surface area (Å²) in [5.41, 5.74) is 14.8. The summed E-state index contributed by atoms with van der Waals surface area (Å²) in [5, 5.41) is 15.9. The molecule has 0 radical (unpaired) electrons. The lowest BCUT2D eigenvalue weighted by molar-refractivity contribution is 0.332. The number of rotatable bonds is 6. The summed E-state index contributed by atoms with van der Waals surface area (Å²) in [4.78, 5) is 15.7. The molecule has 0 aliphatic heterocycles. The van der Waals surface area contributed by atoms with Gasteiger partial charge in [0.05, 0.1) is 11.6 Å². The van der Waals surface area contributed by atoms with Gasteiger partial charge in [0.2, 0.25) is 0 Å². The van der Waals surface area contributed by atoms with E-state index in [1.54, 1.807) is 0 Å². The van der Waals surface area contributed by atoms with Crippen molar-refractivity contribution in [2.45, 2.75) is 51.4 Å². The van der Waals surface area contributed by atoms with E-state index < -0.39 is 0 Å². The summed E-state index contributed by atoms with van der Waals surface area (Å²) in [6.45, 7) is 9.55. The monoisotopic (exact) mass is 862 g/mol. The van der Waals surface area contributed by atoms with Crippen molar-refractivity contribution in [3.63, 3.8) is 0 Å². The molecular weight excluding hydrogens is 817 g/mol. The van der Waals surface area contributed by atoms with E-state index in [1.807, 2.05) is 30.3 Å². The molecule has 2 heterocycles. The smallest absolute Gasteiger partial charge is 0.164 e. The van der Waals surface area contributed by atoms with Crippen molar-refractivity contribution >= 4 is 43.5 Å². The Morgan fingerprint density at radius 1 is 0.418 bits per heavy atom. The summed E-state index contributed by atoms with van der Waals surface area (Å²) in [6, 6.07) is 66.0. The average molecular weight is 863 g/mol. The van der Waals surface area contributed by atoms with E-state index in [0.29, 0.717) is 23.0 Å². The van der Waals surface area contributed by atoms with Gasteiger partial charge in [-0.3, -0.25) is 0 Å². The first-order chi connectivity index (χ1) is 32.6. The van der Waals surface area contributed by atoms with Crippen molar-refractivity contribution in [3.8, 4) is 73.6 Å². The lowest BCUT2D eigenvalue weighted by Crippen LogP contribution is -2.33.